The number of halogens is 8. The van der Waals surface area contributed by atoms with Crippen molar-refractivity contribution >= 4 is 163 Å². The second kappa shape index (κ2) is 29.8. The standard InChI is InChI=1S/2C25H24O6P.8ClH.2Mn/c2*1-17(26)29-20-5-11-23(12-6-20)32(4,24-13-7-21(8-14-24)30-18(2)27)25-15-9-22(10-16-25)31-19(3)28;;;;;;;;;;/h2*5-16H,1-4H3;8*1H;;/q2*+1;;;;;;;;;2*+3/p-8. The second-order valence-electron chi connectivity index (χ2n) is 15.2. The van der Waals surface area contributed by atoms with Crippen LogP contribution in [0.4, 0.5) is 0 Å². The molecule has 0 saturated carbocycles. The van der Waals surface area contributed by atoms with Gasteiger partial charge in [-0.3, -0.25) is 28.8 Å². The van der Waals surface area contributed by atoms with Crippen LogP contribution in [-0.2, 0) is 47.2 Å². The molecule has 0 N–H and O–H groups in total. The molecule has 6 aromatic carbocycles. The predicted octanol–water partition coefficient (Wildman–Crippen LogP) is 12.3. The van der Waals surface area contributed by atoms with E-state index < -0.39 is 32.9 Å². The molecule has 6 rings (SSSR count). The van der Waals surface area contributed by atoms with Gasteiger partial charge in [-0.25, -0.2) is 0 Å². The Morgan fingerprint density at radius 2 is 0.365 bits per heavy atom. The maximum absolute atomic E-state index is 11.3. The van der Waals surface area contributed by atoms with Gasteiger partial charge >= 0.3 is 135 Å². The summed E-state index contributed by atoms with van der Waals surface area (Å²) in [7, 11) is 30.0. The van der Waals surface area contributed by atoms with Crippen molar-refractivity contribution in [3.8, 4) is 34.5 Å². The summed E-state index contributed by atoms with van der Waals surface area (Å²) in [4.78, 5) is 67.6. The van der Waals surface area contributed by atoms with Crippen molar-refractivity contribution in [3.63, 3.8) is 0 Å². The first-order chi connectivity index (χ1) is 34.4. The van der Waals surface area contributed by atoms with E-state index >= 15 is 0 Å². The monoisotopic (exact) mass is 1290 g/mol. The third kappa shape index (κ3) is 22.9. The Morgan fingerprint density at radius 1 is 0.270 bits per heavy atom. The van der Waals surface area contributed by atoms with E-state index in [9.17, 15) is 28.8 Å². The van der Waals surface area contributed by atoms with Crippen molar-refractivity contribution < 1.29 is 75.6 Å². The van der Waals surface area contributed by atoms with Crippen LogP contribution in [0, 0.1) is 0 Å². The number of esters is 6. The first kappa shape index (κ1) is 64.6. The summed E-state index contributed by atoms with van der Waals surface area (Å²) in [6, 6.07) is 44.7. The Bertz CT molecular complexity index is 2360. The number of hydrogen-bond acceptors (Lipinski definition) is 12. The van der Waals surface area contributed by atoms with E-state index in [0.29, 0.717) is 34.5 Å². The number of hydrogen-bond donors (Lipinski definition) is 0. The molecule has 0 fully saturated rings. The molecule has 0 aromatic heterocycles. The van der Waals surface area contributed by atoms with Gasteiger partial charge < -0.3 is 28.4 Å². The first-order valence-electron chi connectivity index (χ1n) is 21.0. The van der Waals surface area contributed by atoms with Gasteiger partial charge in [-0.05, 0) is 146 Å². The third-order valence-electron chi connectivity index (χ3n) is 9.69. The number of rotatable bonds is 12. The van der Waals surface area contributed by atoms with E-state index in [1.54, 1.807) is 72.8 Å². The maximum atomic E-state index is 11.3. The van der Waals surface area contributed by atoms with Gasteiger partial charge in [-0.2, -0.15) is 0 Å². The fourth-order valence-corrected chi connectivity index (χ4v) is 13.0. The summed E-state index contributed by atoms with van der Waals surface area (Å²) in [6.45, 7) is 12.5. The number of carbonyl (C=O) groups excluding carboxylic acids is 6. The first-order valence-corrected chi connectivity index (χ1v) is 38.4. The van der Waals surface area contributed by atoms with Gasteiger partial charge in [-0.15, -0.1) is 0 Å². The van der Waals surface area contributed by atoms with Crippen molar-refractivity contribution in [3.05, 3.63) is 146 Å². The number of carbonyl (C=O) groups is 6. The predicted molar refractivity (Wildman–Crippen MR) is 297 cm³/mol. The Balaban J connectivity index is 0.000000330. The van der Waals surface area contributed by atoms with E-state index in [2.05, 4.69) is 13.3 Å². The van der Waals surface area contributed by atoms with Crippen molar-refractivity contribution in [2.24, 2.45) is 0 Å². The van der Waals surface area contributed by atoms with Crippen LogP contribution in [0.5, 0.6) is 34.5 Å². The molecule has 0 aliphatic rings. The molecule has 0 atom stereocenters. The van der Waals surface area contributed by atoms with Gasteiger partial charge in [-0.1, -0.05) is 0 Å². The average molecular weight is 1300 g/mol. The van der Waals surface area contributed by atoms with E-state index in [4.69, 9.17) is 109 Å². The van der Waals surface area contributed by atoms with Crippen molar-refractivity contribution in [2.45, 2.75) is 41.5 Å². The quantitative estimate of drug-likeness (QED) is 0.0495. The van der Waals surface area contributed by atoms with Crippen molar-refractivity contribution in [1.82, 2.24) is 0 Å². The Kier molecular flexibility index (Phi) is 26.0. The van der Waals surface area contributed by atoms with Gasteiger partial charge in [0.2, 0.25) is 0 Å². The average Bonchev–Trinajstić information content (AvgIpc) is 3.28. The summed E-state index contributed by atoms with van der Waals surface area (Å²) in [6.07, 6.45) is 0. The molecule has 0 bridgehead atoms. The molecular formula is C50H48Cl8Mn2O12P2. The molecule has 0 saturated heterocycles. The summed E-state index contributed by atoms with van der Waals surface area (Å²) < 4.78 is 31.1. The van der Waals surface area contributed by atoms with Crippen LogP contribution in [0.25, 0.3) is 0 Å². The minimum atomic E-state index is -2.74. The molecule has 400 valence electrons. The van der Waals surface area contributed by atoms with Gasteiger partial charge in [0.15, 0.2) is 0 Å². The Morgan fingerprint density at radius 3 is 0.446 bits per heavy atom. The molecule has 74 heavy (non-hydrogen) atoms. The van der Waals surface area contributed by atoms with E-state index in [0.717, 1.165) is 31.8 Å². The summed E-state index contributed by atoms with van der Waals surface area (Å²) in [5.74, 6) is 0.587. The van der Waals surface area contributed by atoms with Gasteiger partial charge in [0.25, 0.3) is 0 Å². The summed E-state index contributed by atoms with van der Waals surface area (Å²) in [5.41, 5.74) is 0. The van der Waals surface area contributed by atoms with Crippen molar-refractivity contribution in [2.75, 3.05) is 13.3 Å². The SMILES string of the molecule is CC(=O)Oc1ccc([P+](C)(c2ccc(OC(C)=O)cc2)c2ccc(OC(C)=O)cc2)cc1.CC(=O)Oc1ccc([P+](C)(c2ccc(OC(C)=O)cc2)c2ccc(OC(C)=O)cc2)cc1.[Cl][Mn-]([Cl])([Cl])[Cl].[Cl][Mn-]([Cl])([Cl])[Cl]. The van der Waals surface area contributed by atoms with E-state index in [-0.39, 0.29) is 35.8 Å². The molecule has 0 amide bonds. The molecule has 0 aliphatic heterocycles. The van der Waals surface area contributed by atoms with Crippen LogP contribution < -0.4 is 60.2 Å². The third-order valence-corrected chi connectivity index (χ3v) is 17.7. The topological polar surface area (TPSA) is 158 Å². The zero-order valence-corrected chi connectivity index (χ0v) is 50.6. The molecule has 12 nitrogen and oxygen atoms in total. The van der Waals surface area contributed by atoms with Crippen LogP contribution in [0.2, 0.25) is 0 Å². The molecule has 24 heteroatoms. The summed E-state index contributed by atoms with van der Waals surface area (Å²) in [5, 5.41) is 6.38. The van der Waals surface area contributed by atoms with Crippen LogP contribution >= 0.6 is 95.3 Å². The molecule has 0 spiro atoms. The molecule has 0 aliphatic carbocycles. The normalized spacial score (nSPS) is 11.5. The second-order valence-corrected chi connectivity index (χ2v) is 45.7. The van der Waals surface area contributed by atoms with Crippen LogP contribution in [0.3, 0.4) is 0 Å². The number of ether oxygens (including phenoxy) is 6. The van der Waals surface area contributed by atoms with E-state index in [1.807, 2.05) is 72.8 Å². The Hall–Kier alpha value is -3.64. The zero-order chi connectivity index (χ0) is 55.6. The fourth-order valence-electron chi connectivity index (χ4n) is 6.76. The zero-order valence-electron chi connectivity index (χ0n) is 40.4. The molecule has 6 aromatic rings. The Labute approximate surface area is 469 Å². The van der Waals surface area contributed by atoms with Crippen LogP contribution in [0.1, 0.15) is 41.5 Å². The minimum absolute atomic E-state index is 0.377. The van der Waals surface area contributed by atoms with Gasteiger partial charge in [0.05, 0.1) is 13.3 Å². The van der Waals surface area contributed by atoms with Crippen molar-refractivity contribution in [1.29, 1.82) is 0 Å². The van der Waals surface area contributed by atoms with Crippen LogP contribution in [-0.4, -0.2) is 49.1 Å². The van der Waals surface area contributed by atoms with E-state index in [1.165, 1.54) is 41.5 Å². The number of benzene rings is 6. The molecular weight excluding hydrogens is 1250 g/mol. The van der Waals surface area contributed by atoms with Gasteiger partial charge in [0.1, 0.15) is 80.8 Å². The van der Waals surface area contributed by atoms with Crippen LogP contribution in [0.15, 0.2) is 146 Å². The molecule has 0 radical (unpaired) electrons. The summed E-state index contributed by atoms with van der Waals surface area (Å²) >= 11 is 0. The molecule has 0 heterocycles. The fraction of sp³-hybridized carbons (Fsp3) is 0.160. The molecule has 0 unspecified atom stereocenters. The van der Waals surface area contributed by atoms with Gasteiger partial charge in [0, 0.05) is 41.5 Å².